The van der Waals surface area contributed by atoms with Crippen molar-refractivity contribution in [2.24, 2.45) is 0 Å². The van der Waals surface area contributed by atoms with Crippen LogP contribution in [0.1, 0.15) is 52.9 Å². The van der Waals surface area contributed by atoms with Crippen LogP contribution in [0.4, 0.5) is 0 Å². The van der Waals surface area contributed by atoms with E-state index in [2.05, 4.69) is 51.5 Å². The fraction of sp³-hybridized carbons (Fsp3) is 0.727. The molecule has 0 amide bonds. The van der Waals surface area contributed by atoms with Crippen molar-refractivity contribution < 1.29 is 0 Å². The summed E-state index contributed by atoms with van der Waals surface area (Å²) in [4.78, 5) is 17.1. The van der Waals surface area contributed by atoms with Crippen molar-refractivity contribution in [1.29, 1.82) is 0 Å². The van der Waals surface area contributed by atoms with Gasteiger partial charge in [0.15, 0.2) is 0 Å². The lowest BCUT2D eigenvalue weighted by molar-refractivity contribution is 0.512. The first kappa shape index (κ1) is 11.1. The highest BCUT2D eigenvalue weighted by Crippen LogP contribution is 2.29. The molecule has 1 heterocycles. The molecule has 0 aromatic carbocycles. The molecule has 0 saturated heterocycles. The van der Waals surface area contributed by atoms with Crippen molar-refractivity contribution in [3.05, 3.63) is 21.9 Å². The number of hydrogen-bond acceptors (Lipinski definition) is 1. The molecular formula is C11H20N2O. The predicted octanol–water partition coefficient (Wildman–Crippen LogP) is 2.30. The van der Waals surface area contributed by atoms with Gasteiger partial charge in [-0.2, -0.15) is 0 Å². The molecule has 0 saturated carbocycles. The van der Waals surface area contributed by atoms with Gasteiger partial charge in [0.1, 0.15) is 0 Å². The van der Waals surface area contributed by atoms with Crippen LogP contribution in [0.2, 0.25) is 0 Å². The van der Waals surface area contributed by atoms with E-state index in [9.17, 15) is 4.79 Å². The predicted molar refractivity (Wildman–Crippen MR) is 58.8 cm³/mol. The maximum atomic E-state index is 11.3. The summed E-state index contributed by atoms with van der Waals surface area (Å²) in [5.74, 6) is 0. The van der Waals surface area contributed by atoms with Crippen LogP contribution in [0.25, 0.3) is 0 Å². The van der Waals surface area contributed by atoms with E-state index in [1.54, 1.807) is 0 Å². The third kappa shape index (κ3) is 2.08. The van der Waals surface area contributed by atoms with Gasteiger partial charge >= 0.3 is 5.69 Å². The molecular weight excluding hydrogens is 176 g/mol. The molecule has 0 aliphatic rings. The molecule has 1 rings (SSSR count). The van der Waals surface area contributed by atoms with Crippen LogP contribution in [0.15, 0.2) is 4.79 Å². The molecule has 0 atom stereocenters. The van der Waals surface area contributed by atoms with Crippen molar-refractivity contribution >= 4 is 0 Å². The first-order valence-corrected chi connectivity index (χ1v) is 4.95. The minimum absolute atomic E-state index is 0.0260. The van der Waals surface area contributed by atoms with E-state index in [-0.39, 0.29) is 16.5 Å². The molecule has 3 nitrogen and oxygen atoms in total. The molecule has 0 spiro atoms. The smallest absolute Gasteiger partial charge is 0.309 e. The first-order chi connectivity index (χ1) is 6.12. The number of rotatable bonds is 0. The molecule has 0 radical (unpaired) electrons. The summed E-state index contributed by atoms with van der Waals surface area (Å²) in [6.45, 7) is 12.6. The Kier molecular flexibility index (Phi) is 2.38. The van der Waals surface area contributed by atoms with Crippen LogP contribution in [-0.4, -0.2) is 9.97 Å². The Balaban J connectivity index is 3.38. The maximum Gasteiger partial charge on any atom is 0.323 e. The molecule has 3 heteroatoms. The van der Waals surface area contributed by atoms with E-state index >= 15 is 0 Å². The van der Waals surface area contributed by atoms with Gasteiger partial charge in [-0.15, -0.1) is 0 Å². The molecule has 1 aromatic rings. The summed E-state index contributed by atoms with van der Waals surface area (Å²) in [6.07, 6.45) is 0. The minimum Gasteiger partial charge on any atom is -0.309 e. The van der Waals surface area contributed by atoms with Crippen molar-refractivity contribution in [1.82, 2.24) is 9.97 Å². The lowest BCUT2D eigenvalue weighted by atomic mass is 9.82. The third-order valence-corrected chi connectivity index (χ3v) is 2.23. The van der Waals surface area contributed by atoms with Crippen LogP contribution < -0.4 is 5.69 Å². The highest BCUT2D eigenvalue weighted by Gasteiger charge is 2.27. The van der Waals surface area contributed by atoms with Crippen molar-refractivity contribution in [2.75, 3.05) is 0 Å². The van der Waals surface area contributed by atoms with Gasteiger partial charge in [-0.3, -0.25) is 0 Å². The molecule has 0 aliphatic heterocycles. The Morgan fingerprint density at radius 1 is 0.786 bits per heavy atom. The fourth-order valence-electron chi connectivity index (χ4n) is 1.51. The van der Waals surface area contributed by atoms with Crippen LogP contribution in [0, 0.1) is 0 Å². The van der Waals surface area contributed by atoms with Gasteiger partial charge in [0.2, 0.25) is 0 Å². The zero-order valence-corrected chi connectivity index (χ0v) is 9.91. The van der Waals surface area contributed by atoms with Gasteiger partial charge in [-0.1, -0.05) is 41.5 Å². The lowest BCUT2D eigenvalue weighted by Gasteiger charge is -2.25. The summed E-state index contributed by atoms with van der Waals surface area (Å²) in [7, 11) is 0. The SMILES string of the molecule is CC(C)(C)c1[nH]c(=O)[nH]c1C(C)(C)C. The number of nitrogens with one attached hydrogen (secondary N) is 2. The van der Waals surface area contributed by atoms with Crippen molar-refractivity contribution in [2.45, 2.75) is 52.4 Å². The van der Waals surface area contributed by atoms with E-state index in [0.717, 1.165) is 11.4 Å². The second kappa shape index (κ2) is 3.01. The molecule has 14 heavy (non-hydrogen) atoms. The monoisotopic (exact) mass is 196 g/mol. The Morgan fingerprint density at radius 2 is 1.07 bits per heavy atom. The maximum absolute atomic E-state index is 11.3. The number of hydrogen-bond donors (Lipinski definition) is 2. The molecule has 0 unspecified atom stereocenters. The van der Waals surface area contributed by atoms with Gasteiger partial charge < -0.3 is 9.97 Å². The normalized spacial score (nSPS) is 13.3. The van der Waals surface area contributed by atoms with Crippen molar-refractivity contribution in [3.63, 3.8) is 0 Å². The summed E-state index contributed by atoms with van der Waals surface area (Å²) in [5.41, 5.74) is 1.86. The molecule has 0 aliphatic carbocycles. The zero-order valence-electron chi connectivity index (χ0n) is 9.91. The number of aromatic amines is 2. The fourth-order valence-corrected chi connectivity index (χ4v) is 1.51. The average Bonchev–Trinajstić information content (AvgIpc) is 2.27. The standard InChI is InChI=1S/C11H20N2O/c1-10(2,3)7-8(11(4,5)6)13-9(14)12-7/h1-6H3,(H2,12,13,14). The second-order valence-electron chi connectivity index (χ2n) is 5.83. The van der Waals surface area contributed by atoms with Gasteiger partial charge in [0, 0.05) is 22.2 Å². The van der Waals surface area contributed by atoms with Crippen LogP contribution >= 0.6 is 0 Å². The Bertz CT molecular complexity index is 337. The van der Waals surface area contributed by atoms with Gasteiger partial charge in [-0.25, -0.2) is 4.79 Å². The number of H-pyrrole nitrogens is 2. The van der Waals surface area contributed by atoms with Crippen LogP contribution in [-0.2, 0) is 10.8 Å². The van der Waals surface area contributed by atoms with Crippen LogP contribution in [0.3, 0.4) is 0 Å². The van der Waals surface area contributed by atoms with E-state index in [0.29, 0.717) is 0 Å². The summed E-state index contributed by atoms with van der Waals surface area (Å²) in [6, 6.07) is 0. The zero-order chi connectivity index (χ0) is 11.1. The minimum atomic E-state index is -0.111. The Hall–Kier alpha value is -0.990. The molecule has 0 bridgehead atoms. The summed E-state index contributed by atoms with van der Waals surface area (Å²) in [5, 5.41) is 0. The average molecular weight is 196 g/mol. The van der Waals surface area contributed by atoms with Gasteiger partial charge in [0.25, 0.3) is 0 Å². The quantitative estimate of drug-likeness (QED) is 0.657. The Labute approximate surface area is 84.9 Å². The lowest BCUT2D eigenvalue weighted by Crippen LogP contribution is -2.21. The van der Waals surface area contributed by atoms with Gasteiger partial charge in [0.05, 0.1) is 0 Å². The molecule has 0 fully saturated rings. The molecule has 80 valence electrons. The van der Waals surface area contributed by atoms with E-state index in [1.807, 2.05) is 0 Å². The largest absolute Gasteiger partial charge is 0.323 e. The highest BCUT2D eigenvalue weighted by atomic mass is 16.1. The summed E-state index contributed by atoms with van der Waals surface area (Å²) < 4.78 is 0. The van der Waals surface area contributed by atoms with Crippen molar-refractivity contribution in [3.8, 4) is 0 Å². The molecule has 2 N–H and O–H groups in total. The van der Waals surface area contributed by atoms with E-state index in [1.165, 1.54) is 0 Å². The highest BCUT2D eigenvalue weighted by molar-refractivity contribution is 5.25. The van der Waals surface area contributed by atoms with Gasteiger partial charge in [-0.05, 0) is 0 Å². The summed E-state index contributed by atoms with van der Waals surface area (Å²) >= 11 is 0. The first-order valence-electron chi connectivity index (χ1n) is 4.95. The Morgan fingerprint density at radius 3 is 1.29 bits per heavy atom. The third-order valence-electron chi connectivity index (χ3n) is 2.23. The molecule has 1 aromatic heterocycles. The number of imidazole rings is 1. The topological polar surface area (TPSA) is 48.6 Å². The van der Waals surface area contributed by atoms with Crippen LogP contribution in [0.5, 0.6) is 0 Å². The van der Waals surface area contributed by atoms with E-state index in [4.69, 9.17) is 0 Å². The van der Waals surface area contributed by atoms with E-state index < -0.39 is 0 Å². The second-order valence-corrected chi connectivity index (χ2v) is 5.83. The number of aromatic nitrogens is 2.